The molecular weight excluding hydrogens is 240 g/mol. The smallest absolute Gasteiger partial charge is 0.265 e. The lowest BCUT2D eigenvalue weighted by atomic mass is 10.2. The van der Waals surface area contributed by atoms with E-state index in [0.29, 0.717) is 0 Å². The van der Waals surface area contributed by atoms with E-state index in [0.717, 1.165) is 18.3 Å². The van der Waals surface area contributed by atoms with Gasteiger partial charge in [-0.2, -0.15) is 0 Å². The van der Waals surface area contributed by atoms with Crippen molar-refractivity contribution >= 4 is 0 Å². The fourth-order valence-electron chi connectivity index (χ4n) is 1.39. The van der Waals surface area contributed by atoms with Crippen molar-refractivity contribution in [2.24, 2.45) is 0 Å². The summed E-state index contributed by atoms with van der Waals surface area (Å²) in [6.07, 6.45) is 2.99. The van der Waals surface area contributed by atoms with Crippen LogP contribution in [-0.4, -0.2) is 9.67 Å². The number of allylic oxidation sites excluding steroid dienone is 3. The summed E-state index contributed by atoms with van der Waals surface area (Å²) in [5, 5.41) is 9.23. The number of halogens is 2. The zero-order chi connectivity index (χ0) is 13.7. The summed E-state index contributed by atoms with van der Waals surface area (Å²) < 4.78 is 26.3. The lowest BCUT2D eigenvalue weighted by Crippen LogP contribution is -2.21. The molecule has 0 bridgehead atoms. The highest BCUT2D eigenvalue weighted by Crippen LogP contribution is 2.18. The van der Waals surface area contributed by atoms with Gasteiger partial charge in [-0.1, -0.05) is 6.08 Å². The molecule has 0 aliphatic heterocycles. The maximum atomic E-state index is 12.5. The first-order valence-corrected chi connectivity index (χ1v) is 5.49. The first-order chi connectivity index (χ1) is 8.45. The molecule has 0 fully saturated rings. The number of aliphatic hydroxyl groups excluding tert-OH is 1. The SMILES string of the molecule is C/C=C(O)\C=C/C(C)n1cc(C(F)F)ccc1=O. The Morgan fingerprint density at radius 3 is 2.67 bits per heavy atom. The van der Waals surface area contributed by atoms with Crippen LogP contribution in [0.4, 0.5) is 8.78 Å². The monoisotopic (exact) mass is 255 g/mol. The fraction of sp³-hybridized carbons (Fsp3) is 0.308. The molecule has 1 aromatic heterocycles. The Bertz CT molecular complexity index is 518. The number of hydrogen-bond donors (Lipinski definition) is 1. The van der Waals surface area contributed by atoms with Gasteiger partial charge in [-0.25, -0.2) is 8.78 Å². The van der Waals surface area contributed by atoms with Gasteiger partial charge >= 0.3 is 0 Å². The molecule has 1 heterocycles. The lowest BCUT2D eigenvalue weighted by molar-refractivity contribution is 0.150. The van der Waals surface area contributed by atoms with E-state index < -0.39 is 12.5 Å². The number of aromatic nitrogens is 1. The summed E-state index contributed by atoms with van der Waals surface area (Å²) in [5.41, 5.74) is -0.568. The van der Waals surface area contributed by atoms with Crippen LogP contribution in [0.1, 0.15) is 31.9 Å². The molecule has 0 aliphatic rings. The molecule has 0 saturated carbocycles. The van der Waals surface area contributed by atoms with Crippen molar-refractivity contribution in [3.63, 3.8) is 0 Å². The average Bonchev–Trinajstić information content (AvgIpc) is 2.35. The predicted molar refractivity (Wildman–Crippen MR) is 65.9 cm³/mol. The van der Waals surface area contributed by atoms with Crippen LogP contribution in [0, 0.1) is 0 Å². The van der Waals surface area contributed by atoms with Gasteiger partial charge in [-0.3, -0.25) is 4.79 Å². The zero-order valence-electron chi connectivity index (χ0n) is 10.2. The number of hydrogen-bond acceptors (Lipinski definition) is 2. The van der Waals surface area contributed by atoms with E-state index in [2.05, 4.69) is 0 Å². The fourth-order valence-corrected chi connectivity index (χ4v) is 1.39. The van der Waals surface area contributed by atoms with Gasteiger partial charge in [-0.05, 0) is 32.1 Å². The maximum Gasteiger partial charge on any atom is 0.265 e. The molecular formula is C13H15F2NO2. The van der Waals surface area contributed by atoms with E-state index in [9.17, 15) is 18.7 Å². The number of aliphatic hydroxyl groups is 1. The molecule has 1 rings (SSSR count). The number of nitrogens with zero attached hydrogens (tertiary/aromatic N) is 1. The summed E-state index contributed by atoms with van der Waals surface area (Å²) in [6.45, 7) is 3.34. The molecule has 0 spiro atoms. The van der Waals surface area contributed by atoms with Crippen LogP contribution in [0.5, 0.6) is 0 Å². The molecule has 18 heavy (non-hydrogen) atoms. The quantitative estimate of drug-likeness (QED) is 0.662. The number of rotatable bonds is 4. The highest BCUT2D eigenvalue weighted by Gasteiger charge is 2.10. The lowest BCUT2D eigenvalue weighted by Gasteiger charge is -2.12. The molecule has 0 aromatic carbocycles. The molecule has 0 aliphatic carbocycles. The van der Waals surface area contributed by atoms with E-state index in [-0.39, 0.29) is 16.9 Å². The van der Waals surface area contributed by atoms with Gasteiger partial charge in [0.15, 0.2) is 0 Å². The van der Waals surface area contributed by atoms with Crippen molar-refractivity contribution in [2.45, 2.75) is 26.3 Å². The Morgan fingerprint density at radius 1 is 1.44 bits per heavy atom. The van der Waals surface area contributed by atoms with Crippen molar-refractivity contribution < 1.29 is 13.9 Å². The minimum absolute atomic E-state index is 0.0555. The van der Waals surface area contributed by atoms with Crippen LogP contribution in [-0.2, 0) is 0 Å². The van der Waals surface area contributed by atoms with E-state index in [1.807, 2.05) is 0 Å². The third kappa shape index (κ3) is 3.55. The van der Waals surface area contributed by atoms with Crippen LogP contribution >= 0.6 is 0 Å². The third-order valence-corrected chi connectivity index (χ3v) is 2.49. The highest BCUT2D eigenvalue weighted by molar-refractivity contribution is 5.15. The van der Waals surface area contributed by atoms with Crippen molar-refractivity contribution in [3.05, 3.63) is 58.2 Å². The molecule has 3 nitrogen and oxygen atoms in total. The molecule has 1 atom stereocenters. The van der Waals surface area contributed by atoms with E-state index in [1.54, 1.807) is 19.9 Å². The van der Waals surface area contributed by atoms with Crippen molar-refractivity contribution in [3.8, 4) is 0 Å². The van der Waals surface area contributed by atoms with Gasteiger partial charge in [0, 0.05) is 17.8 Å². The van der Waals surface area contributed by atoms with E-state index in [1.165, 1.54) is 16.7 Å². The largest absolute Gasteiger partial charge is 0.508 e. The third-order valence-electron chi connectivity index (χ3n) is 2.49. The molecule has 1 aromatic rings. The highest BCUT2D eigenvalue weighted by atomic mass is 19.3. The summed E-state index contributed by atoms with van der Waals surface area (Å²) in [5.74, 6) is 0.0555. The summed E-state index contributed by atoms with van der Waals surface area (Å²) >= 11 is 0. The predicted octanol–water partition coefficient (Wildman–Crippen LogP) is 3.36. The van der Waals surface area contributed by atoms with E-state index in [4.69, 9.17) is 0 Å². The number of pyridine rings is 1. The van der Waals surface area contributed by atoms with Gasteiger partial charge < -0.3 is 9.67 Å². The topological polar surface area (TPSA) is 42.2 Å². The second kappa shape index (κ2) is 6.14. The number of alkyl halides is 2. The second-order valence-electron chi connectivity index (χ2n) is 3.82. The second-order valence-corrected chi connectivity index (χ2v) is 3.82. The first kappa shape index (κ1) is 14.2. The van der Waals surface area contributed by atoms with Crippen molar-refractivity contribution in [1.82, 2.24) is 4.57 Å². The van der Waals surface area contributed by atoms with Crippen LogP contribution < -0.4 is 5.56 Å². The van der Waals surface area contributed by atoms with Gasteiger partial charge in [0.05, 0.1) is 6.04 Å². The standard InChI is InChI=1S/C13H15F2NO2/c1-3-11(17)6-4-9(2)16-8-10(13(14)15)5-7-12(16)18/h3-9,13,17H,1-2H3/b6-4-,11-3+. The minimum Gasteiger partial charge on any atom is -0.508 e. The van der Waals surface area contributed by atoms with Crippen molar-refractivity contribution in [1.29, 1.82) is 0 Å². The molecule has 0 radical (unpaired) electrons. The van der Waals surface area contributed by atoms with Crippen molar-refractivity contribution in [2.75, 3.05) is 0 Å². The van der Waals surface area contributed by atoms with Crippen LogP contribution in [0.25, 0.3) is 0 Å². The van der Waals surface area contributed by atoms with Gasteiger partial charge in [0.25, 0.3) is 12.0 Å². The van der Waals surface area contributed by atoms with Crippen LogP contribution in [0.2, 0.25) is 0 Å². The molecule has 5 heteroatoms. The Morgan fingerprint density at radius 2 is 2.11 bits per heavy atom. The first-order valence-electron chi connectivity index (χ1n) is 5.49. The zero-order valence-corrected chi connectivity index (χ0v) is 10.2. The van der Waals surface area contributed by atoms with E-state index >= 15 is 0 Å². The molecule has 1 unspecified atom stereocenters. The molecule has 0 amide bonds. The molecule has 1 N–H and O–H groups in total. The van der Waals surface area contributed by atoms with Gasteiger partial charge in [0.1, 0.15) is 5.76 Å². The van der Waals surface area contributed by atoms with Gasteiger partial charge in [0.2, 0.25) is 0 Å². The summed E-state index contributed by atoms with van der Waals surface area (Å²) in [6, 6.07) is 1.81. The average molecular weight is 255 g/mol. The Hall–Kier alpha value is -1.91. The Labute approximate surface area is 104 Å². The maximum absolute atomic E-state index is 12.5. The minimum atomic E-state index is -2.61. The van der Waals surface area contributed by atoms with Crippen LogP contribution in [0.3, 0.4) is 0 Å². The molecule has 98 valence electrons. The normalized spacial score (nSPS) is 14.4. The Kier molecular flexibility index (Phi) is 4.83. The summed E-state index contributed by atoms with van der Waals surface area (Å²) in [4.78, 5) is 11.6. The molecule has 0 saturated heterocycles. The Balaban J connectivity index is 3.05. The van der Waals surface area contributed by atoms with Gasteiger partial charge in [-0.15, -0.1) is 0 Å². The summed E-state index contributed by atoms with van der Waals surface area (Å²) in [7, 11) is 0. The van der Waals surface area contributed by atoms with Crippen LogP contribution in [0.15, 0.2) is 47.1 Å².